The van der Waals surface area contributed by atoms with Crippen molar-refractivity contribution in [1.82, 2.24) is 0 Å². The highest BCUT2D eigenvalue weighted by Gasteiger charge is 2.07. The fourth-order valence-corrected chi connectivity index (χ4v) is 5.46. The SMILES string of the molecule is CCCCCCCCCCN(CCCCCCCCCC)c1ccc(/C=C/c2cc[n+](CC)cc2)cc1.CCOS(=O)(=O)[O-]. The van der Waals surface area contributed by atoms with E-state index in [0.717, 1.165) is 6.54 Å². The molecule has 0 aliphatic carbocycles. The summed E-state index contributed by atoms with van der Waals surface area (Å²) < 4.78 is 34.2. The predicted octanol–water partition coefficient (Wildman–Crippen LogP) is 9.74. The van der Waals surface area contributed by atoms with Crippen molar-refractivity contribution in [3.8, 4) is 0 Å². The quantitative estimate of drug-likeness (QED) is 0.0500. The van der Waals surface area contributed by atoms with E-state index in [9.17, 15) is 13.0 Å². The zero-order valence-electron chi connectivity index (χ0n) is 28.4. The fraction of sp³-hybridized carbons (Fsp3) is 0.649. The Hall–Kier alpha value is -2.22. The van der Waals surface area contributed by atoms with Crippen molar-refractivity contribution >= 4 is 28.2 Å². The van der Waals surface area contributed by atoms with E-state index in [0.29, 0.717) is 0 Å². The lowest BCUT2D eigenvalue weighted by Crippen LogP contribution is -2.30. The summed E-state index contributed by atoms with van der Waals surface area (Å²) in [4.78, 5) is 2.66. The molecule has 1 heterocycles. The van der Waals surface area contributed by atoms with Crippen LogP contribution in [-0.4, -0.2) is 32.7 Å². The van der Waals surface area contributed by atoms with Crippen molar-refractivity contribution in [2.45, 2.75) is 137 Å². The second-order valence-electron chi connectivity index (χ2n) is 11.6. The maximum absolute atomic E-state index is 9.45. The first kappa shape index (κ1) is 39.8. The maximum Gasteiger partial charge on any atom is 0.217 e. The van der Waals surface area contributed by atoms with E-state index < -0.39 is 10.4 Å². The third kappa shape index (κ3) is 21.5. The van der Waals surface area contributed by atoms with Gasteiger partial charge in [0.1, 0.15) is 6.54 Å². The number of aromatic nitrogens is 1. The molecule has 0 amide bonds. The van der Waals surface area contributed by atoms with E-state index in [1.165, 1.54) is 140 Å². The lowest BCUT2D eigenvalue weighted by atomic mass is 10.1. The minimum Gasteiger partial charge on any atom is -0.726 e. The first-order valence-electron chi connectivity index (χ1n) is 17.4. The molecule has 250 valence electrons. The molecule has 0 saturated heterocycles. The van der Waals surface area contributed by atoms with Gasteiger partial charge in [0, 0.05) is 30.9 Å². The van der Waals surface area contributed by atoms with Gasteiger partial charge in [-0.2, -0.15) is 0 Å². The molecule has 0 fully saturated rings. The number of pyridine rings is 1. The average Bonchev–Trinajstić information content (AvgIpc) is 3.02. The molecule has 1 aromatic carbocycles. The van der Waals surface area contributed by atoms with Crippen LogP contribution in [-0.2, 0) is 21.1 Å². The first-order chi connectivity index (χ1) is 21.3. The molecule has 2 rings (SSSR count). The summed E-state index contributed by atoms with van der Waals surface area (Å²) in [5.41, 5.74) is 3.92. The molecule has 1 aromatic heterocycles. The molecule has 0 spiro atoms. The smallest absolute Gasteiger partial charge is 0.217 e. The Balaban J connectivity index is 0.00000123. The topological polar surface area (TPSA) is 73.5 Å². The number of rotatable bonds is 24. The van der Waals surface area contributed by atoms with Crippen molar-refractivity contribution in [3.05, 3.63) is 59.9 Å². The van der Waals surface area contributed by atoms with Crippen molar-refractivity contribution in [1.29, 1.82) is 0 Å². The monoisotopic (exact) mass is 630 g/mol. The molecule has 0 N–H and O–H groups in total. The highest BCUT2D eigenvalue weighted by Crippen LogP contribution is 2.20. The second-order valence-corrected chi connectivity index (χ2v) is 12.7. The van der Waals surface area contributed by atoms with Crippen molar-refractivity contribution < 1.29 is 21.7 Å². The van der Waals surface area contributed by atoms with E-state index in [4.69, 9.17) is 0 Å². The minimum atomic E-state index is -4.42. The number of unbranched alkanes of at least 4 members (excludes halogenated alkanes) is 14. The number of anilines is 1. The average molecular weight is 631 g/mol. The maximum atomic E-state index is 9.45. The van der Waals surface area contributed by atoms with Crippen LogP contribution in [0.5, 0.6) is 0 Å². The predicted molar refractivity (Wildman–Crippen MR) is 186 cm³/mol. The molecule has 0 radical (unpaired) electrons. The number of hydrogen-bond acceptors (Lipinski definition) is 5. The van der Waals surface area contributed by atoms with E-state index in [2.05, 4.69) is 95.4 Å². The highest BCUT2D eigenvalue weighted by molar-refractivity contribution is 7.80. The molecule has 2 aromatic rings. The number of aryl methyl sites for hydroxylation is 1. The van der Waals surface area contributed by atoms with Crippen LogP contribution >= 0.6 is 0 Å². The van der Waals surface area contributed by atoms with Gasteiger partial charge in [0.15, 0.2) is 12.4 Å². The Kier molecular flexibility index (Phi) is 23.6. The fourth-order valence-electron chi connectivity index (χ4n) is 5.17. The van der Waals surface area contributed by atoms with Crippen LogP contribution in [0.3, 0.4) is 0 Å². The molecule has 6 nitrogen and oxygen atoms in total. The lowest BCUT2D eigenvalue weighted by Gasteiger charge is -2.25. The Morgan fingerprint density at radius 3 is 1.41 bits per heavy atom. The van der Waals surface area contributed by atoms with Gasteiger partial charge in [-0.3, -0.25) is 4.18 Å². The van der Waals surface area contributed by atoms with Gasteiger partial charge in [-0.25, -0.2) is 13.0 Å². The zero-order chi connectivity index (χ0) is 32.3. The largest absolute Gasteiger partial charge is 0.726 e. The summed E-state index contributed by atoms with van der Waals surface area (Å²) in [6.07, 6.45) is 30.9. The molecule has 7 heteroatoms. The normalized spacial score (nSPS) is 11.5. The van der Waals surface area contributed by atoms with Gasteiger partial charge in [-0.05, 0) is 49.9 Å². The van der Waals surface area contributed by atoms with Crippen molar-refractivity contribution in [3.63, 3.8) is 0 Å². The Morgan fingerprint density at radius 1 is 0.636 bits per heavy atom. The first-order valence-corrected chi connectivity index (χ1v) is 18.8. The molecule has 0 bridgehead atoms. The van der Waals surface area contributed by atoms with Crippen LogP contribution in [0, 0.1) is 0 Å². The summed E-state index contributed by atoms with van der Waals surface area (Å²) in [5.74, 6) is 0. The van der Waals surface area contributed by atoms with Crippen LogP contribution in [0.2, 0.25) is 0 Å². The minimum absolute atomic E-state index is 0.0914. The standard InChI is InChI=1S/C35H57N2.C2H6O4S/c1-4-7-9-11-13-15-17-19-29-37(30-20-18-16-14-12-10-8-5-2)35-25-23-33(24-26-35)21-22-34-27-31-36(6-3)32-28-34;1-2-6-7(3,4)5/h21-28,31-32H,4-20,29-30H2,1-3H3;2H2,1H3,(H,3,4,5)/q+1;/p-1. The van der Waals surface area contributed by atoms with Crippen molar-refractivity contribution in [2.24, 2.45) is 0 Å². The van der Waals surface area contributed by atoms with Crippen molar-refractivity contribution in [2.75, 3.05) is 24.6 Å². The summed E-state index contributed by atoms with van der Waals surface area (Å²) in [5, 5.41) is 0. The van der Waals surface area contributed by atoms with E-state index in [1.54, 1.807) is 0 Å². The molecule has 0 aliphatic rings. The van der Waals surface area contributed by atoms with Crippen LogP contribution in [0.1, 0.15) is 142 Å². The van der Waals surface area contributed by atoms with E-state index in [-0.39, 0.29) is 6.61 Å². The molecule has 0 unspecified atom stereocenters. The molecule has 0 saturated carbocycles. The Labute approximate surface area is 270 Å². The number of nitrogens with zero attached hydrogens (tertiary/aromatic N) is 2. The number of hydrogen-bond donors (Lipinski definition) is 0. The van der Waals surface area contributed by atoms with Crippen LogP contribution < -0.4 is 9.47 Å². The summed E-state index contributed by atoms with van der Waals surface area (Å²) in [7, 11) is -4.42. The van der Waals surface area contributed by atoms with E-state index >= 15 is 0 Å². The van der Waals surface area contributed by atoms with Gasteiger partial charge < -0.3 is 9.45 Å². The van der Waals surface area contributed by atoms with Gasteiger partial charge in [0.2, 0.25) is 10.4 Å². The van der Waals surface area contributed by atoms with Gasteiger partial charge in [0.05, 0.1) is 6.61 Å². The second kappa shape index (κ2) is 26.0. The third-order valence-electron chi connectivity index (χ3n) is 7.83. The van der Waals surface area contributed by atoms with Crippen LogP contribution in [0.15, 0.2) is 48.8 Å². The van der Waals surface area contributed by atoms with Crippen LogP contribution in [0.4, 0.5) is 5.69 Å². The van der Waals surface area contributed by atoms with E-state index in [1.807, 2.05) is 0 Å². The Bertz CT molecular complexity index is 1050. The molecule has 0 aliphatic heterocycles. The lowest BCUT2D eigenvalue weighted by molar-refractivity contribution is -0.693. The summed E-state index contributed by atoms with van der Waals surface area (Å²) >= 11 is 0. The third-order valence-corrected chi connectivity index (χ3v) is 8.36. The van der Waals surface area contributed by atoms with Gasteiger partial charge >= 0.3 is 0 Å². The van der Waals surface area contributed by atoms with Gasteiger partial charge in [-0.1, -0.05) is 128 Å². The highest BCUT2D eigenvalue weighted by atomic mass is 32.3. The van der Waals surface area contributed by atoms with Gasteiger partial charge in [-0.15, -0.1) is 0 Å². The summed E-state index contributed by atoms with van der Waals surface area (Å²) in [6, 6.07) is 13.6. The number of benzene rings is 1. The molecular formula is C37H62N2O4S. The Morgan fingerprint density at radius 2 is 1.05 bits per heavy atom. The molecule has 0 atom stereocenters. The van der Waals surface area contributed by atoms with Gasteiger partial charge in [0.25, 0.3) is 0 Å². The van der Waals surface area contributed by atoms with Crippen LogP contribution in [0.25, 0.3) is 12.2 Å². The molecule has 44 heavy (non-hydrogen) atoms. The zero-order valence-corrected chi connectivity index (χ0v) is 29.2. The summed E-state index contributed by atoms with van der Waals surface area (Å²) in [6.45, 7) is 11.5. The molecular weight excluding hydrogens is 568 g/mol.